The first-order chi connectivity index (χ1) is 6.22. The number of phenolic OH excluding ortho intramolecular Hbond substituents is 1. The Kier molecular flexibility index (Phi) is 1.70. The summed E-state index contributed by atoms with van der Waals surface area (Å²) >= 11 is 0. The molecule has 0 amide bonds. The van der Waals surface area contributed by atoms with Gasteiger partial charge in [0.2, 0.25) is 0 Å². The van der Waals surface area contributed by atoms with Crippen LogP contribution in [0, 0.1) is 5.82 Å². The number of aromatic nitrogens is 1. The SMILES string of the molecule is NCc1c[nH]c2cc(F)cc(O)c12. The maximum absolute atomic E-state index is 12.8. The maximum Gasteiger partial charge on any atom is 0.129 e. The minimum absolute atomic E-state index is 0.0725. The summed E-state index contributed by atoms with van der Waals surface area (Å²) in [6.45, 7) is 0.319. The summed E-state index contributed by atoms with van der Waals surface area (Å²) in [5, 5.41) is 10.0. The van der Waals surface area contributed by atoms with Crippen molar-refractivity contribution in [2.75, 3.05) is 0 Å². The Bertz CT molecular complexity index is 450. The van der Waals surface area contributed by atoms with Crippen LogP contribution in [0.3, 0.4) is 0 Å². The van der Waals surface area contributed by atoms with Crippen molar-refractivity contribution in [1.82, 2.24) is 4.98 Å². The quantitative estimate of drug-likeness (QED) is 0.622. The highest BCUT2D eigenvalue weighted by atomic mass is 19.1. The van der Waals surface area contributed by atoms with Gasteiger partial charge in [-0.2, -0.15) is 0 Å². The van der Waals surface area contributed by atoms with Crippen LogP contribution in [-0.2, 0) is 6.54 Å². The molecule has 68 valence electrons. The molecule has 0 atom stereocenters. The van der Waals surface area contributed by atoms with E-state index in [-0.39, 0.29) is 5.75 Å². The number of aromatic hydroxyl groups is 1. The molecule has 0 aliphatic heterocycles. The van der Waals surface area contributed by atoms with Gasteiger partial charge in [-0.3, -0.25) is 0 Å². The summed E-state index contributed by atoms with van der Waals surface area (Å²) in [5.41, 5.74) is 6.79. The Labute approximate surface area is 74.0 Å². The van der Waals surface area contributed by atoms with E-state index in [1.807, 2.05) is 0 Å². The van der Waals surface area contributed by atoms with Gasteiger partial charge in [-0.25, -0.2) is 4.39 Å². The first-order valence-electron chi connectivity index (χ1n) is 3.91. The van der Waals surface area contributed by atoms with E-state index in [4.69, 9.17) is 5.73 Å². The van der Waals surface area contributed by atoms with E-state index in [9.17, 15) is 9.50 Å². The molecule has 0 fully saturated rings. The highest BCUT2D eigenvalue weighted by molar-refractivity contribution is 5.89. The first kappa shape index (κ1) is 8.07. The molecular formula is C9H9FN2O. The van der Waals surface area contributed by atoms with Gasteiger partial charge in [0, 0.05) is 24.2 Å². The van der Waals surface area contributed by atoms with Crippen molar-refractivity contribution in [2.24, 2.45) is 5.73 Å². The molecule has 0 aliphatic rings. The predicted octanol–water partition coefficient (Wildman–Crippen LogP) is 1.47. The van der Waals surface area contributed by atoms with E-state index < -0.39 is 5.82 Å². The lowest BCUT2D eigenvalue weighted by Gasteiger charge is -1.98. The molecule has 0 spiro atoms. The van der Waals surface area contributed by atoms with Gasteiger partial charge in [-0.1, -0.05) is 0 Å². The number of halogens is 1. The molecule has 0 bridgehead atoms. The zero-order valence-corrected chi connectivity index (χ0v) is 6.84. The number of phenols is 1. The standard InChI is InChI=1S/C9H9FN2O/c10-6-1-7-9(8(13)2-6)5(3-11)4-12-7/h1-2,4,12-13H,3,11H2. The van der Waals surface area contributed by atoms with Gasteiger partial charge in [0.05, 0.1) is 5.52 Å². The third kappa shape index (κ3) is 1.15. The van der Waals surface area contributed by atoms with Gasteiger partial charge in [0.1, 0.15) is 11.6 Å². The number of aromatic amines is 1. The summed E-state index contributed by atoms with van der Waals surface area (Å²) < 4.78 is 12.8. The number of hydrogen-bond acceptors (Lipinski definition) is 2. The molecule has 2 rings (SSSR count). The number of fused-ring (bicyclic) bond motifs is 1. The van der Waals surface area contributed by atoms with Crippen LogP contribution in [0.2, 0.25) is 0 Å². The van der Waals surface area contributed by atoms with E-state index in [1.54, 1.807) is 6.20 Å². The van der Waals surface area contributed by atoms with Crippen molar-refractivity contribution in [3.8, 4) is 5.75 Å². The molecule has 0 unspecified atom stereocenters. The minimum atomic E-state index is -0.463. The van der Waals surface area contributed by atoms with Gasteiger partial charge >= 0.3 is 0 Å². The highest BCUT2D eigenvalue weighted by Gasteiger charge is 2.08. The third-order valence-corrected chi connectivity index (χ3v) is 2.03. The van der Waals surface area contributed by atoms with Crippen LogP contribution in [0.25, 0.3) is 10.9 Å². The zero-order valence-electron chi connectivity index (χ0n) is 6.84. The number of benzene rings is 1. The van der Waals surface area contributed by atoms with E-state index in [2.05, 4.69) is 4.98 Å². The monoisotopic (exact) mass is 180 g/mol. The molecule has 4 N–H and O–H groups in total. The van der Waals surface area contributed by atoms with Crippen LogP contribution in [0.1, 0.15) is 5.56 Å². The number of rotatable bonds is 1. The average molecular weight is 180 g/mol. The first-order valence-corrected chi connectivity index (χ1v) is 3.91. The summed E-state index contributed by atoms with van der Waals surface area (Å²) in [6, 6.07) is 2.41. The van der Waals surface area contributed by atoms with Crippen molar-refractivity contribution in [2.45, 2.75) is 6.54 Å². The molecule has 0 aliphatic carbocycles. The Morgan fingerprint density at radius 2 is 2.23 bits per heavy atom. The Hall–Kier alpha value is -1.55. The van der Waals surface area contributed by atoms with Crippen LogP contribution in [0.15, 0.2) is 18.3 Å². The lowest BCUT2D eigenvalue weighted by molar-refractivity contribution is 0.475. The molecule has 1 aromatic carbocycles. The second kappa shape index (κ2) is 2.74. The highest BCUT2D eigenvalue weighted by Crippen LogP contribution is 2.28. The van der Waals surface area contributed by atoms with Crippen LogP contribution in [0.4, 0.5) is 4.39 Å². The van der Waals surface area contributed by atoms with Gasteiger partial charge < -0.3 is 15.8 Å². The number of nitrogens with one attached hydrogen (secondary N) is 1. The lowest BCUT2D eigenvalue weighted by atomic mass is 10.1. The predicted molar refractivity (Wildman–Crippen MR) is 47.8 cm³/mol. The van der Waals surface area contributed by atoms with Crippen molar-refractivity contribution in [3.05, 3.63) is 29.7 Å². The molecule has 3 nitrogen and oxygen atoms in total. The number of nitrogens with two attached hydrogens (primary N) is 1. The average Bonchev–Trinajstić information content (AvgIpc) is 2.47. The van der Waals surface area contributed by atoms with Gasteiger partial charge in [-0.05, 0) is 11.6 Å². The summed E-state index contributed by atoms with van der Waals surface area (Å²) in [7, 11) is 0. The third-order valence-electron chi connectivity index (χ3n) is 2.03. The second-order valence-corrected chi connectivity index (χ2v) is 2.87. The van der Waals surface area contributed by atoms with Crippen LogP contribution >= 0.6 is 0 Å². The van der Waals surface area contributed by atoms with Crippen molar-refractivity contribution >= 4 is 10.9 Å². The molecule has 2 aromatic rings. The molecule has 1 heterocycles. The topological polar surface area (TPSA) is 62.0 Å². The second-order valence-electron chi connectivity index (χ2n) is 2.87. The smallest absolute Gasteiger partial charge is 0.129 e. The van der Waals surface area contributed by atoms with E-state index in [1.165, 1.54) is 6.07 Å². The van der Waals surface area contributed by atoms with Gasteiger partial charge in [-0.15, -0.1) is 0 Å². The molecule has 0 saturated carbocycles. The number of H-pyrrole nitrogens is 1. The van der Waals surface area contributed by atoms with E-state index in [0.717, 1.165) is 11.6 Å². The maximum atomic E-state index is 12.8. The normalized spacial score (nSPS) is 10.9. The largest absolute Gasteiger partial charge is 0.507 e. The lowest BCUT2D eigenvalue weighted by Crippen LogP contribution is -1.94. The molecule has 13 heavy (non-hydrogen) atoms. The fraction of sp³-hybridized carbons (Fsp3) is 0.111. The van der Waals surface area contributed by atoms with Crippen molar-refractivity contribution in [3.63, 3.8) is 0 Å². The summed E-state index contributed by atoms with van der Waals surface area (Å²) in [4.78, 5) is 2.84. The van der Waals surface area contributed by atoms with Gasteiger partial charge in [0.25, 0.3) is 0 Å². The van der Waals surface area contributed by atoms with E-state index in [0.29, 0.717) is 17.4 Å². The van der Waals surface area contributed by atoms with Crippen LogP contribution in [-0.4, -0.2) is 10.1 Å². The zero-order chi connectivity index (χ0) is 9.42. The Morgan fingerprint density at radius 3 is 2.92 bits per heavy atom. The van der Waals surface area contributed by atoms with Gasteiger partial charge in [0.15, 0.2) is 0 Å². The molecule has 1 aromatic heterocycles. The van der Waals surface area contributed by atoms with Crippen molar-refractivity contribution in [1.29, 1.82) is 0 Å². The number of hydrogen-bond donors (Lipinski definition) is 3. The molecular weight excluding hydrogens is 171 g/mol. The summed E-state index contributed by atoms with van der Waals surface area (Å²) in [5.74, 6) is -0.535. The van der Waals surface area contributed by atoms with Crippen LogP contribution < -0.4 is 5.73 Å². The minimum Gasteiger partial charge on any atom is -0.507 e. The van der Waals surface area contributed by atoms with Crippen molar-refractivity contribution < 1.29 is 9.50 Å². The fourth-order valence-electron chi connectivity index (χ4n) is 1.44. The summed E-state index contributed by atoms with van der Waals surface area (Å²) in [6.07, 6.45) is 1.67. The Balaban J connectivity index is 2.82. The fourth-order valence-corrected chi connectivity index (χ4v) is 1.44. The van der Waals surface area contributed by atoms with E-state index >= 15 is 0 Å². The van der Waals surface area contributed by atoms with Crippen LogP contribution in [0.5, 0.6) is 5.75 Å². The molecule has 4 heteroatoms. The molecule has 0 radical (unpaired) electrons. The Morgan fingerprint density at radius 1 is 1.46 bits per heavy atom. The molecule has 0 saturated heterocycles.